The summed E-state index contributed by atoms with van der Waals surface area (Å²) in [5.41, 5.74) is -0.427. The third-order valence-corrected chi connectivity index (χ3v) is 2.11. The van der Waals surface area contributed by atoms with Gasteiger partial charge in [0.05, 0.1) is 6.10 Å². The van der Waals surface area contributed by atoms with Crippen LogP contribution in [0.2, 0.25) is 0 Å². The van der Waals surface area contributed by atoms with Crippen molar-refractivity contribution in [1.82, 2.24) is 0 Å². The zero-order valence-corrected chi connectivity index (χ0v) is 8.77. The lowest BCUT2D eigenvalue weighted by molar-refractivity contribution is -0.00558. The highest BCUT2D eigenvalue weighted by Crippen LogP contribution is 2.22. The van der Waals surface area contributed by atoms with E-state index in [4.69, 9.17) is 15.3 Å². The maximum absolute atomic E-state index is 8.78. The normalized spacial score (nSPS) is 12.5. The third kappa shape index (κ3) is 2.80. The number of hydrogen-bond acceptors (Lipinski definition) is 3. The molecule has 0 aliphatic rings. The lowest BCUT2D eigenvalue weighted by Crippen LogP contribution is -2.25. The lowest BCUT2D eigenvalue weighted by atomic mass is 10.1. The average molecular weight is 200 g/mol. The Kier molecular flexibility index (Phi) is 3.44. The zero-order chi connectivity index (χ0) is 11.3. The van der Waals surface area contributed by atoms with Crippen molar-refractivity contribution in [1.29, 1.82) is 10.5 Å². The van der Waals surface area contributed by atoms with E-state index in [1.54, 1.807) is 0 Å². The van der Waals surface area contributed by atoms with Crippen LogP contribution in [0.4, 0.5) is 0 Å². The fraction of sp³-hybridized carbons (Fsp3) is 0.333. The molecule has 0 aliphatic heterocycles. The van der Waals surface area contributed by atoms with E-state index >= 15 is 0 Å². The number of rotatable bonds is 3. The van der Waals surface area contributed by atoms with Crippen molar-refractivity contribution in [3.05, 3.63) is 35.9 Å². The summed E-state index contributed by atoms with van der Waals surface area (Å²) in [6.45, 7) is 3.29. The first-order valence-corrected chi connectivity index (χ1v) is 4.66. The van der Waals surface area contributed by atoms with Gasteiger partial charge in [0, 0.05) is 0 Å². The van der Waals surface area contributed by atoms with Crippen LogP contribution in [0.1, 0.15) is 25.5 Å². The van der Waals surface area contributed by atoms with E-state index in [0.29, 0.717) is 0 Å². The Labute approximate surface area is 89.5 Å². The van der Waals surface area contributed by atoms with Crippen LogP contribution < -0.4 is 0 Å². The fourth-order valence-electron chi connectivity index (χ4n) is 1.22. The zero-order valence-electron chi connectivity index (χ0n) is 8.77. The number of hydrogen-bond donors (Lipinski definition) is 0. The summed E-state index contributed by atoms with van der Waals surface area (Å²) < 4.78 is 5.40. The Bertz CT molecular complexity index is 386. The SMILES string of the molecule is CC(OC(C)(C#N)C#N)c1ccccc1. The standard InChI is InChI=1S/C12H12N2O/c1-10(11-6-4-3-5-7-11)15-12(2,8-13)9-14/h3-7,10H,1-2H3. The Hall–Kier alpha value is -1.84. The van der Waals surface area contributed by atoms with Crippen LogP contribution in [-0.4, -0.2) is 5.60 Å². The topological polar surface area (TPSA) is 56.8 Å². The van der Waals surface area contributed by atoms with E-state index in [-0.39, 0.29) is 6.10 Å². The molecule has 0 bridgehead atoms. The van der Waals surface area contributed by atoms with Gasteiger partial charge in [0.2, 0.25) is 5.60 Å². The van der Waals surface area contributed by atoms with E-state index in [1.165, 1.54) is 6.92 Å². The average Bonchev–Trinajstić information content (AvgIpc) is 2.30. The minimum Gasteiger partial charge on any atom is -0.340 e. The molecule has 15 heavy (non-hydrogen) atoms. The Morgan fingerprint density at radius 3 is 2.20 bits per heavy atom. The molecule has 1 unspecified atom stereocenters. The van der Waals surface area contributed by atoms with E-state index in [1.807, 2.05) is 49.4 Å². The van der Waals surface area contributed by atoms with Crippen molar-refractivity contribution in [2.24, 2.45) is 0 Å². The summed E-state index contributed by atoms with van der Waals surface area (Å²) in [6.07, 6.45) is -0.268. The molecule has 0 fully saturated rings. The van der Waals surface area contributed by atoms with Crippen LogP contribution in [0.3, 0.4) is 0 Å². The summed E-state index contributed by atoms with van der Waals surface area (Å²) in [7, 11) is 0. The second kappa shape index (κ2) is 4.59. The molecule has 1 rings (SSSR count). The molecule has 3 nitrogen and oxygen atoms in total. The molecule has 1 atom stereocenters. The minimum absolute atomic E-state index is 0.268. The highest BCUT2D eigenvalue weighted by Gasteiger charge is 2.27. The molecule has 0 aliphatic carbocycles. The van der Waals surface area contributed by atoms with E-state index < -0.39 is 5.60 Å². The van der Waals surface area contributed by atoms with Crippen LogP contribution in [0.5, 0.6) is 0 Å². The van der Waals surface area contributed by atoms with Gasteiger partial charge >= 0.3 is 0 Å². The number of benzene rings is 1. The summed E-state index contributed by atoms with van der Waals surface area (Å²) in [5.74, 6) is 0. The first kappa shape index (κ1) is 11.2. The molecule has 0 spiro atoms. The van der Waals surface area contributed by atoms with Crippen LogP contribution in [-0.2, 0) is 4.74 Å². The largest absolute Gasteiger partial charge is 0.340 e. The Balaban J connectivity index is 2.78. The molecule has 0 aromatic heterocycles. The first-order valence-electron chi connectivity index (χ1n) is 4.66. The summed E-state index contributed by atoms with van der Waals surface area (Å²) in [5, 5.41) is 17.6. The van der Waals surface area contributed by atoms with Crippen molar-refractivity contribution < 1.29 is 4.74 Å². The monoisotopic (exact) mass is 200 g/mol. The van der Waals surface area contributed by atoms with Crippen molar-refractivity contribution in [2.45, 2.75) is 25.6 Å². The van der Waals surface area contributed by atoms with Crippen molar-refractivity contribution in [2.75, 3.05) is 0 Å². The molecule has 3 heteroatoms. The maximum Gasteiger partial charge on any atom is 0.238 e. The Morgan fingerprint density at radius 2 is 1.73 bits per heavy atom. The molecule has 1 aromatic rings. The van der Waals surface area contributed by atoms with Gasteiger partial charge in [-0.15, -0.1) is 0 Å². The smallest absolute Gasteiger partial charge is 0.238 e. The maximum atomic E-state index is 8.78. The summed E-state index contributed by atoms with van der Waals surface area (Å²) in [6, 6.07) is 13.2. The quantitative estimate of drug-likeness (QED) is 0.753. The van der Waals surface area contributed by atoms with E-state index in [0.717, 1.165) is 5.56 Å². The van der Waals surface area contributed by atoms with Gasteiger partial charge in [-0.3, -0.25) is 0 Å². The number of nitriles is 2. The highest BCUT2D eigenvalue weighted by atomic mass is 16.5. The van der Waals surface area contributed by atoms with E-state index in [9.17, 15) is 0 Å². The molecule has 0 saturated heterocycles. The third-order valence-electron chi connectivity index (χ3n) is 2.11. The van der Waals surface area contributed by atoms with Gasteiger partial charge in [-0.25, -0.2) is 0 Å². The highest BCUT2D eigenvalue weighted by molar-refractivity contribution is 5.20. The van der Waals surface area contributed by atoms with Gasteiger partial charge < -0.3 is 4.74 Å². The second-order valence-electron chi connectivity index (χ2n) is 3.43. The van der Waals surface area contributed by atoms with Crippen LogP contribution in [0.25, 0.3) is 0 Å². The molecule has 0 amide bonds. The van der Waals surface area contributed by atoms with Crippen LogP contribution in [0, 0.1) is 22.7 Å². The number of nitrogens with zero attached hydrogens (tertiary/aromatic N) is 2. The number of ether oxygens (including phenoxy) is 1. The molecule has 1 aromatic carbocycles. The lowest BCUT2D eigenvalue weighted by Gasteiger charge is -2.20. The van der Waals surface area contributed by atoms with E-state index in [2.05, 4.69) is 0 Å². The summed E-state index contributed by atoms with van der Waals surface area (Å²) in [4.78, 5) is 0. The molecular formula is C12H12N2O. The minimum atomic E-state index is -1.38. The van der Waals surface area contributed by atoms with Crippen LogP contribution in [0.15, 0.2) is 30.3 Å². The Morgan fingerprint density at radius 1 is 1.20 bits per heavy atom. The van der Waals surface area contributed by atoms with Crippen molar-refractivity contribution >= 4 is 0 Å². The first-order chi connectivity index (χ1) is 7.11. The van der Waals surface area contributed by atoms with Gasteiger partial charge in [0.1, 0.15) is 12.1 Å². The molecular weight excluding hydrogens is 188 g/mol. The predicted molar refractivity (Wildman–Crippen MR) is 55.6 cm³/mol. The molecule has 0 N–H and O–H groups in total. The van der Waals surface area contributed by atoms with Gasteiger partial charge in [0.15, 0.2) is 0 Å². The predicted octanol–water partition coefficient (Wildman–Crippen LogP) is 2.57. The molecule has 0 heterocycles. The second-order valence-corrected chi connectivity index (χ2v) is 3.43. The van der Waals surface area contributed by atoms with Gasteiger partial charge in [0.25, 0.3) is 0 Å². The molecule has 76 valence electrons. The fourth-order valence-corrected chi connectivity index (χ4v) is 1.22. The van der Waals surface area contributed by atoms with Crippen molar-refractivity contribution in [3.8, 4) is 12.1 Å². The van der Waals surface area contributed by atoms with Gasteiger partial charge in [-0.05, 0) is 19.4 Å². The van der Waals surface area contributed by atoms with Crippen LogP contribution >= 0.6 is 0 Å². The van der Waals surface area contributed by atoms with Gasteiger partial charge in [-0.1, -0.05) is 30.3 Å². The van der Waals surface area contributed by atoms with Gasteiger partial charge in [-0.2, -0.15) is 10.5 Å². The van der Waals surface area contributed by atoms with Crippen molar-refractivity contribution in [3.63, 3.8) is 0 Å². The summed E-state index contributed by atoms with van der Waals surface area (Å²) >= 11 is 0. The molecule has 0 saturated carbocycles. The molecule has 0 radical (unpaired) electrons.